The molecule has 0 radical (unpaired) electrons. The molecule has 0 saturated heterocycles. The Morgan fingerprint density at radius 3 is 2.38 bits per heavy atom. The third kappa shape index (κ3) is 3.27. The van der Waals surface area contributed by atoms with Crippen LogP contribution in [0, 0.1) is 0 Å². The second-order valence-electron chi connectivity index (χ2n) is 2.93. The molecule has 0 aromatic heterocycles. The van der Waals surface area contributed by atoms with Gasteiger partial charge in [-0.15, -0.1) is 0 Å². The molecule has 0 saturated carbocycles. The molecule has 0 fully saturated rings. The Labute approximate surface area is 87.9 Å². The summed E-state index contributed by atoms with van der Waals surface area (Å²) in [5.74, 6) is -0.274. The number of methoxy groups -OCH3 is 1. The first-order chi connectivity index (χ1) is 6.00. The number of halogens is 1. The standard InChI is InChI=1S/C9H17BrO3/c1-5-7(12-4)9(3,10)8(11)13-6-2/h7H,5-6H2,1-4H3/t7-,9-/m0/s1. The van der Waals surface area contributed by atoms with Gasteiger partial charge in [-0.3, -0.25) is 4.79 Å². The Morgan fingerprint density at radius 1 is 1.54 bits per heavy atom. The van der Waals surface area contributed by atoms with E-state index in [2.05, 4.69) is 15.9 Å². The van der Waals surface area contributed by atoms with Gasteiger partial charge in [0, 0.05) is 7.11 Å². The lowest BCUT2D eigenvalue weighted by Crippen LogP contribution is -2.43. The fourth-order valence-corrected chi connectivity index (χ4v) is 1.80. The molecule has 0 aromatic rings. The maximum absolute atomic E-state index is 11.5. The van der Waals surface area contributed by atoms with Gasteiger partial charge in [0.25, 0.3) is 0 Å². The number of rotatable bonds is 5. The summed E-state index contributed by atoms with van der Waals surface area (Å²) in [7, 11) is 1.59. The SMILES string of the molecule is CCOC(=O)[C@@](C)(Br)[C@H](CC)OC. The molecule has 0 unspecified atom stereocenters. The average Bonchev–Trinajstić information content (AvgIpc) is 2.06. The highest BCUT2D eigenvalue weighted by molar-refractivity contribution is 9.10. The van der Waals surface area contributed by atoms with E-state index in [1.165, 1.54) is 0 Å². The molecule has 0 spiro atoms. The Kier molecular flexibility index (Phi) is 5.56. The van der Waals surface area contributed by atoms with Crippen LogP contribution in [-0.4, -0.2) is 30.1 Å². The highest BCUT2D eigenvalue weighted by Crippen LogP contribution is 2.27. The summed E-state index contributed by atoms with van der Waals surface area (Å²) in [6.07, 6.45) is 0.600. The van der Waals surface area contributed by atoms with E-state index in [0.29, 0.717) is 6.61 Å². The van der Waals surface area contributed by atoms with Crippen molar-refractivity contribution in [2.75, 3.05) is 13.7 Å². The van der Waals surface area contributed by atoms with Crippen molar-refractivity contribution in [2.24, 2.45) is 0 Å². The number of carbonyl (C=O) groups is 1. The van der Waals surface area contributed by atoms with Crippen molar-refractivity contribution < 1.29 is 14.3 Å². The number of hydrogen-bond acceptors (Lipinski definition) is 3. The summed E-state index contributed by atoms with van der Waals surface area (Å²) in [5, 5.41) is 0. The quantitative estimate of drug-likeness (QED) is 0.556. The van der Waals surface area contributed by atoms with Crippen LogP contribution < -0.4 is 0 Å². The first-order valence-corrected chi connectivity index (χ1v) is 5.18. The number of esters is 1. The van der Waals surface area contributed by atoms with Gasteiger partial charge in [-0.05, 0) is 20.3 Å². The van der Waals surface area contributed by atoms with E-state index in [0.717, 1.165) is 6.42 Å². The normalized spacial score (nSPS) is 17.6. The van der Waals surface area contributed by atoms with Crippen molar-refractivity contribution in [1.29, 1.82) is 0 Å². The maximum Gasteiger partial charge on any atom is 0.325 e. The van der Waals surface area contributed by atoms with Crippen LogP contribution >= 0.6 is 15.9 Å². The van der Waals surface area contributed by atoms with E-state index in [4.69, 9.17) is 9.47 Å². The van der Waals surface area contributed by atoms with E-state index in [-0.39, 0.29) is 12.1 Å². The van der Waals surface area contributed by atoms with Crippen molar-refractivity contribution in [3.63, 3.8) is 0 Å². The molecule has 0 bridgehead atoms. The summed E-state index contributed by atoms with van der Waals surface area (Å²) < 4.78 is 9.37. The molecule has 2 atom stereocenters. The van der Waals surface area contributed by atoms with Crippen LogP contribution in [0.2, 0.25) is 0 Å². The van der Waals surface area contributed by atoms with Crippen LogP contribution in [0.1, 0.15) is 27.2 Å². The molecule has 3 nitrogen and oxygen atoms in total. The molecule has 4 heteroatoms. The van der Waals surface area contributed by atoms with Gasteiger partial charge < -0.3 is 9.47 Å². The van der Waals surface area contributed by atoms with Crippen LogP contribution in [0.15, 0.2) is 0 Å². The monoisotopic (exact) mass is 252 g/mol. The highest BCUT2D eigenvalue weighted by atomic mass is 79.9. The fourth-order valence-electron chi connectivity index (χ4n) is 1.17. The highest BCUT2D eigenvalue weighted by Gasteiger charge is 2.39. The van der Waals surface area contributed by atoms with E-state index in [9.17, 15) is 4.79 Å². The zero-order chi connectivity index (χ0) is 10.5. The summed E-state index contributed by atoms with van der Waals surface area (Å²) in [4.78, 5) is 11.5. The van der Waals surface area contributed by atoms with Crippen LogP contribution in [-0.2, 0) is 14.3 Å². The molecule has 0 heterocycles. The minimum Gasteiger partial charge on any atom is -0.465 e. The smallest absolute Gasteiger partial charge is 0.325 e. The van der Waals surface area contributed by atoms with E-state index in [1.807, 2.05) is 6.92 Å². The third-order valence-electron chi connectivity index (χ3n) is 1.93. The molecule has 0 N–H and O–H groups in total. The summed E-state index contributed by atoms with van der Waals surface area (Å²) >= 11 is 3.34. The summed E-state index contributed by atoms with van der Waals surface area (Å²) in [6.45, 7) is 5.91. The van der Waals surface area contributed by atoms with Crippen LogP contribution in [0.3, 0.4) is 0 Å². The molecule has 0 aliphatic rings. The number of ether oxygens (including phenoxy) is 2. The molecule has 78 valence electrons. The Balaban J connectivity index is 4.42. The summed E-state index contributed by atoms with van der Waals surface area (Å²) in [5.41, 5.74) is 0. The minimum atomic E-state index is -0.744. The second kappa shape index (κ2) is 5.60. The van der Waals surface area contributed by atoms with E-state index in [1.54, 1.807) is 21.0 Å². The first kappa shape index (κ1) is 12.9. The van der Waals surface area contributed by atoms with Gasteiger partial charge in [0.05, 0.1) is 12.7 Å². The number of alkyl halides is 1. The lowest BCUT2D eigenvalue weighted by molar-refractivity contribution is -0.149. The molecule has 0 amide bonds. The second-order valence-corrected chi connectivity index (χ2v) is 4.58. The first-order valence-electron chi connectivity index (χ1n) is 4.39. The molecular weight excluding hydrogens is 236 g/mol. The van der Waals surface area contributed by atoms with Gasteiger partial charge >= 0.3 is 5.97 Å². The van der Waals surface area contributed by atoms with Crippen molar-refractivity contribution in [3.05, 3.63) is 0 Å². The topological polar surface area (TPSA) is 35.5 Å². The molecule has 0 rings (SSSR count). The van der Waals surface area contributed by atoms with Gasteiger partial charge in [0.2, 0.25) is 0 Å². The van der Waals surface area contributed by atoms with Crippen molar-refractivity contribution in [2.45, 2.75) is 37.6 Å². The maximum atomic E-state index is 11.5. The lowest BCUT2D eigenvalue weighted by atomic mass is 10.0. The number of hydrogen-bond donors (Lipinski definition) is 0. The van der Waals surface area contributed by atoms with Crippen LogP contribution in [0.25, 0.3) is 0 Å². The predicted octanol–water partition coefficient (Wildman–Crippen LogP) is 2.13. The van der Waals surface area contributed by atoms with Crippen molar-refractivity contribution in [3.8, 4) is 0 Å². The minimum absolute atomic E-state index is 0.161. The largest absolute Gasteiger partial charge is 0.465 e. The zero-order valence-electron chi connectivity index (χ0n) is 8.59. The Morgan fingerprint density at radius 2 is 2.08 bits per heavy atom. The molecule has 0 aliphatic carbocycles. The molecule has 0 aromatic carbocycles. The zero-order valence-corrected chi connectivity index (χ0v) is 10.2. The van der Waals surface area contributed by atoms with Gasteiger partial charge in [-0.2, -0.15) is 0 Å². The van der Waals surface area contributed by atoms with Gasteiger partial charge in [0.15, 0.2) is 0 Å². The molecular formula is C9H17BrO3. The van der Waals surface area contributed by atoms with Crippen LogP contribution in [0.4, 0.5) is 0 Å². The van der Waals surface area contributed by atoms with E-state index >= 15 is 0 Å². The van der Waals surface area contributed by atoms with Crippen molar-refractivity contribution in [1.82, 2.24) is 0 Å². The Hall–Kier alpha value is -0.0900. The van der Waals surface area contributed by atoms with Gasteiger partial charge in [-0.1, -0.05) is 22.9 Å². The van der Waals surface area contributed by atoms with E-state index < -0.39 is 4.32 Å². The average molecular weight is 253 g/mol. The van der Waals surface area contributed by atoms with Gasteiger partial charge in [0.1, 0.15) is 4.32 Å². The van der Waals surface area contributed by atoms with Crippen LogP contribution in [0.5, 0.6) is 0 Å². The fraction of sp³-hybridized carbons (Fsp3) is 0.889. The van der Waals surface area contributed by atoms with Gasteiger partial charge in [-0.25, -0.2) is 0 Å². The molecule has 0 aliphatic heterocycles. The van der Waals surface area contributed by atoms with Crippen molar-refractivity contribution >= 4 is 21.9 Å². The third-order valence-corrected chi connectivity index (χ3v) is 2.77. The summed E-state index contributed by atoms with van der Waals surface area (Å²) in [6, 6.07) is 0. The lowest BCUT2D eigenvalue weighted by Gasteiger charge is -2.28. The molecule has 13 heavy (non-hydrogen) atoms. The number of carbonyl (C=O) groups excluding carboxylic acids is 1. The Bertz CT molecular complexity index is 164. The predicted molar refractivity (Wildman–Crippen MR) is 55.1 cm³/mol.